The quantitative estimate of drug-likeness (QED) is 0.639. The van der Waals surface area contributed by atoms with Crippen LogP contribution in [0.2, 0.25) is 0 Å². The van der Waals surface area contributed by atoms with Gasteiger partial charge in [-0.05, 0) is 25.7 Å². The molecule has 2 amide bonds. The van der Waals surface area contributed by atoms with Crippen molar-refractivity contribution >= 4 is 17.8 Å². The Hall–Kier alpha value is -1.59. The van der Waals surface area contributed by atoms with Crippen molar-refractivity contribution in [2.45, 2.75) is 44.9 Å². The van der Waals surface area contributed by atoms with Gasteiger partial charge in [0.2, 0.25) is 11.8 Å². The van der Waals surface area contributed by atoms with Gasteiger partial charge in [-0.3, -0.25) is 14.4 Å². The highest BCUT2D eigenvalue weighted by molar-refractivity contribution is 5.82. The van der Waals surface area contributed by atoms with Crippen molar-refractivity contribution < 1.29 is 19.5 Å². The number of hydrogen-bond acceptors (Lipinski definition) is 3. The lowest BCUT2D eigenvalue weighted by Gasteiger charge is -2.12. The first-order chi connectivity index (χ1) is 9.53. The van der Waals surface area contributed by atoms with Crippen LogP contribution in [0.15, 0.2) is 0 Å². The Balaban J connectivity index is 1.58. The van der Waals surface area contributed by atoms with Crippen LogP contribution in [0.4, 0.5) is 0 Å². The second kappa shape index (κ2) is 6.24. The Morgan fingerprint density at radius 1 is 1.10 bits per heavy atom. The fourth-order valence-corrected chi connectivity index (χ4v) is 2.60. The number of carbonyl (C=O) groups is 3. The van der Waals surface area contributed by atoms with Crippen molar-refractivity contribution in [3.63, 3.8) is 0 Å². The summed E-state index contributed by atoms with van der Waals surface area (Å²) in [5.41, 5.74) is -0.733. The molecule has 0 heterocycles. The molecule has 2 saturated carbocycles. The SMILES string of the molecule is O=C(CCNC(=O)C1CCCC1)NCC1(C(=O)O)CC1. The van der Waals surface area contributed by atoms with Crippen molar-refractivity contribution in [2.24, 2.45) is 11.3 Å². The molecule has 0 aromatic rings. The lowest BCUT2D eigenvalue weighted by Crippen LogP contribution is -2.37. The number of carboxylic acid groups (broad SMARTS) is 1. The number of aliphatic carboxylic acids is 1. The molecule has 6 heteroatoms. The average Bonchev–Trinajstić information content (AvgIpc) is 3.01. The van der Waals surface area contributed by atoms with Gasteiger partial charge in [-0.2, -0.15) is 0 Å². The molecule has 0 unspecified atom stereocenters. The van der Waals surface area contributed by atoms with Crippen LogP contribution < -0.4 is 10.6 Å². The molecular weight excluding hydrogens is 260 g/mol. The van der Waals surface area contributed by atoms with Crippen molar-refractivity contribution in [3.05, 3.63) is 0 Å². The number of carbonyl (C=O) groups excluding carboxylic acids is 2. The Morgan fingerprint density at radius 3 is 2.30 bits per heavy atom. The third-order valence-corrected chi connectivity index (χ3v) is 4.31. The van der Waals surface area contributed by atoms with Crippen LogP contribution in [0.25, 0.3) is 0 Å². The van der Waals surface area contributed by atoms with Gasteiger partial charge in [-0.1, -0.05) is 12.8 Å². The zero-order valence-electron chi connectivity index (χ0n) is 11.6. The molecule has 2 aliphatic carbocycles. The Kier molecular flexibility index (Phi) is 4.62. The summed E-state index contributed by atoms with van der Waals surface area (Å²) in [5, 5.41) is 14.4. The summed E-state index contributed by atoms with van der Waals surface area (Å²) >= 11 is 0. The fraction of sp³-hybridized carbons (Fsp3) is 0.786. The first kappa shape index (κ1) is 14.8. The maximum absolute atomic E-state index is 11.7. The highest BCUT2D eigenvalue weighted by Gasteiger charge is 2.50. The number of carboxylic acids is 1. The molecule has 0 atom stereocenters. The van der Waals surface area contributed by atoms with E-state index in [4.69, 9.17) is 5.11 Å². The highest BCUT2D eigenvalue weighted by Crippen LogP contribution is 2.45. The lowest BCUT2D eigenvalue weighted by molar-refractivity contribution is -0.143. The third kappa shape index (κ3) is 3.71. The maximum Gasteiger partial charge on any atom is 0.311 e. The number of rotatable bonds is 7. The zero-order valence-corrected chi connectivity index (χ0v) is 11.6. The minimum absolute atomic E-state index is 0.0412. The van der Waals surface area contributed by atoms with E-state index in [1.54, 1.807) is 0 Å². The first-order valence-corrected chi connectivity index (χ1v) is 7.31. The minimum Gasteiger partial charge on any atom is -0.481 e. The topological polar surface area (TPSA) is 95.5 Å². The molecule has 0 radical (unpaired) electrons. The number of nitrogens with one attached hydrogen (secondary N) is 2. The van der Waals surface area contributed by atoms with Gasteiger partial charge in [0.15, 0.2) is 0 Å². The average molecular weight is 282 g/mol. The Labute approximate surface area is 118 Å². The van der Waals surface area contributed by atoms with Gasteiger partial charge in [0, 0.05) is 25.4 Å². The molecule has 0 spiro atoms. The van der Waals surface area contributed by atoms with E-state index in [0.717, 1.165) is 25.7 Å². The van der Waals surface area contributed by atoms with Crippen LogP contribution in [0.3, 0.4) is 0 Å². The molecule has 6 nitrogen and oxygen atoms in total. The molecule has 2 rings (SSSR count). The predicted octanol–water partition coefficient (Wildman–Crippen LogP) is 0.664. The largest absolute Gasteiger partial charge is 0.481 e. The van der Waals surface area contributed by atoms with Crippen molar-refractivity contribution in [1.29, 1.82) is 0 Å². The van der Waals surface area contributed by atoms with Gasteiger partial charge in [0.25, 0.3) is 0 Å². The predicted molar refractivity (Wildman–Crippen MR) is 71.9 cm³/mol. The Bertz CT molecular complexity index is 398. The summed E-state index contributed by atoms with van der Waals surface area (Å²) in [4.78, 5) is 34.2. The van der Waals surface area contributed by atoms with E-state index < -0.39 is 11.4 Å². The van der Waals surface area contributed by atoms with Crippen molar-refractivity contribution in [1.82, 2.24) is 10.6 Å². The molecule has 2 fully saturated rings. The Morgan fingerprint density at radius 2 is 1.75 bits per heavy atom. The van der Waals surface area contributed by atoms with Crippen LogP contribution >= 0.6 is 0 Å². The standard InChI is InChI=1S/C14H22N2O4/c17-11(16-9-14(6-7-14)13(19)20)5-8-15-12(18)10-3-1-2-4-10/h10H,1-9H2,(H,15,18)(H,16,17)(H,19,20). The smallest absolute Gasteiger partial charge is 0.311 e. The lowest BCUT2D eigenvalue weighted by atomic mass is 10.1. The molecule has 0 aromatic carbocycles. The normalized spacial score (nSPS) is 20.4. The van der Waals surface area contributed by atoms with E-state index in [2.05, 4.69) is 10.6 Å². The second-order valence-corrected chi connectivity index (χ2v) is 5.88. The van der Waals surface area contributed by atoms with Crippen LogP contribution in [-0.2, 0) is 14.4 Å². The summed E-state index contributed by atoms with van der Waals surface area (Å²) in [6.45, 7) is 0.513. The fourth-order valence-electron chi connectivity index (χ4n) is 2.60. The van der Waals surface area contributed by atoms with Gasteiger partial charge in [0.05, 0.1) is 5.41 Å². The van der Waals surface area contributed by atoms with Gasteiger partial charge in [0.1, 0.15) is 0 Å². The van der Waals surface area contributed by atoms with E-state index in [1.165, 1.54) is 0 Å². The van der Waals surface area contributed by atoms with Crippen LogP contribution in [0, 0.1) is 11.3 Å². The van der Waals surface area contributed by atoms with E-state index >= 15 is 0 Å². The first-order valence-electron chi connectivity index (χ1n) is 7.31. The zero-order chi connectivity index (χ0) is 14.6. The minimum atomic E-state index is -0.840. The molecule has 3 N–H and O–H groups in total. The summed E-state index contributed by atoms with van der Waals surface area (Å²) in [6, 6.07) is 0. The van der Waals surface area contributed by atoms with Crippen LogP contribution in [0.5, 0.6) is 0 Å². The highest BCUT2D eigenvalue weighted by atomic mass is 16.4. The number of hydrogen-bond donors (Lipinski definition) is 3. The molecule has 0 aromatic heterocycles. The molecule has 0 aliphatic heterocycles. The molecule has 0 bridgehead atoms. The summed E-state index contributed by atoms with van der Waals surface area (Å²) in [5.74, 6) is -0.893. The van der Waals surface area contributed by atoms with Gasteiger partial charge in [-0.15, -0.1) is 0 Å². The van der Waals surface area contributed by atoms with E-state index in [0.29, 0.717) is 19.4 Å². The van der Waals surface area contributed by atoms with Crippen molar-refractivity contribution in [3.8, 4) is 0 Å². The second-order valence-electron chi connectivity index (χ2n) is 5.88. The summed E-state index contributed by atoms with van der Waals surface area (Å²) < 4.78 is 0. The summed E-state index contributed by atoms with van der Waals surface area (Å²) in [6.07, 6.45) is 5.56. The van der Waals surface area contributed by atoms with Gasteiger partial charge < -0.3 is 15.7 Å². The molecular formula is C14H22N2O4. The molecule has 2 aliphatic rings. The monoisotopic (exact) mass is 282 g/mol. The van der Waals surface area contributed by atoms with E-state index in [-0.39, 0.29) is 30.7 Å². The molecule has 112 valence electrons. The van der Waals surface area contributed by atoms with E-state index in [1.807, 2.05) is 0 Å². The van der Waals surface area contributed by atoms with Gasteiger partial charge in [-0.25, -0.2) is 0 Å². The van der Waals surface area contributed by atoms with Crippen LogP contribution in [-0.4, -0.2) is 36.0 Å². The molecule has 0 saturated heterocycles. The van der Waals surface area contributed by atoms with Crippen LogP contribution in [0.1, 0.15) is 44.9 Å². The maximum atomic E-state index is 11.7. The van der Waals surface area contributed by atoms with E-state index in [9.17, 15) is 14.4 Å². The summed E-state index contributed by atoms with van der Waals surface area (Å²) in [7, 11) is 0. The molecule has 20 heavy (non-hydrogen) atoms. The van der Waals surface area contributed by atoms with Crippen molar-refractivity contribution in [2.75, 3.05) is 13.1 Å². The number of amides is 2. The van der Waals surface area contributed by atoms with Gasteiger partial charge >= 0.3 is 5.97 Å². The third-order valence-electron chi connectivity index (χ3n) is 4.31.